The molecule has 0 bridgehead atoms. The zero-order valence-corrected chi connectivity index (χ0v) is 14.0. The van der Waals surface area contributed by atoms with Crippen LogP contribution in [0.15, 0.2) is 24.3 Å². The van der Waals surface area contributed by atoms with Crippen molar-refractivity contribution in [1.82, 2.24) is 4.90 Å². The lowest BCUT2D eigenvalue weighted by Crippen LogP contribution is -2.95. The minimum atomic E-state index is -0.975. The van der Waals surface area contributed by atoms with E-state index < -0.39 is 11.5 Å². The molecule has 130 valence electrons. The Morgan fingerprint density at radius 1 is 1.04 bits per heavy atom. The van der Waals surface area contributed by atoms with E-state index in [0.29, 0.717) is 6.54 Å². The van der Waals surface area contributed by atoms with Gasteiger partial charge < -0.3 is 10.6 Å². The van der Waals surface area contributed by atoms with Crippen LogP contribution in [0.25, 0.3) is 0 Å². The molecule has 6 nitrogen and oxygen atoms in total. The maximum Gasteiger partial charge on any atom is 0.291 e. The smallest absolute Gasteiger partial charge is 0.291 e. The molecule has 0 radical (unpaired) electrons. The molecule has 1 aromatic carbocycles. The van der Waals surface area contributed by atoms with Crippen LogP contribution in [-0.4, -0.2) is 35.2 Å². The number of quaternary nitrogens is 1. The first-order chi connectivity index (χ1) is 12.1. The minimum absolute atomic E-state index is 0.0242. The highest BCUT2D eigenvalue weighted by Gasteiger charge is 2.71. The predicted octanol–water partition coefficient (Wildman–Crippen LogP) is 0.345. The highest BCUT2D eigenvalue weighted by atomic mass is 16.2. The monoisotopic (exact) mass is 340 g/mol. The van der Waals surface area contributed by atoms with Crippen molar-refractivity contribution in [3.05, 3.63) is 29.8 Å². The molecule has 4 aliphatic rings. The summed E-state index contributed by atoms with van der Waals surface area (Å²) in [6.45, 7) is 0.500. The van der Waals surface area contributed by atoms with Crippen LogP contribution in [0.5, 0.6) is 0 Å². The van der Waals surface area contributed by atoms with Gasteiger partial charge in [0.25, 0.3) is 5.91 Å². The lowest BCUT2D eigenvalue weighted by molar-refractivity contribution is -0.704. The van der Waals surface area contributed by atoms with Crippen LogP contribution in [0.3, 0.4) is 0 Å². The van der Waals surface area contributed by atoms with Crippen molar-refractivity contribution in [2.75, 3.05) is 11.9 Å². The number of nitrogens with two attached hydrogens (primary N) is 1. The van der Waals surface area contributed by atoms with E-state index in [-0.39, 0.29) is 29.7 Å². The number of imide groups is 1. The van der Waals surface area contributed by atoms with Crippen molar-refractivity contribution in [3.8, 4) is 0 Å². The Labute approximate surface area is 145 Å². The molecule has 6 heteroatoms. The Hall–Kier alpha value is -2.21. The van der Waals surface area contributed by atoms with Crippen molar-refractivity contribution in [1.29, 1.82) is 0 Å². The van der Waals surface area contributed by atoms with Crippen LogP contribution in [0.2, 0.25) is 0 Å². The second kappa shape index (κ2) is 5.14. The Morgan fingerprint density at radius 3 is 2.60 bits per heavy atom. The molecule has 3 aliphatic heterocycles. The van der Waals surface area contributed by atoms with Crippen molar-refractivity contribution in [3.63, 3.8) is 0 Å². The number of amides is 3. The van der Waals surface area contributed by atoms with E-state index in [2.05, 4.69) is 5.32 Å². The lowest BCUT2D eigenvalue weighted by atomic mass is 9.77. The molecule has 2 saturated heterocycles. The summed E-state index contributed by atoms with van der Waals surface area (Å²) in [5, 5.41) is 4.83. The van der Waals surface area contributed by atoms with E-state index in [9.17, 15) is 14.4 Å². The number of carbonyl (C=O) groups is 3. The molecule has 3 atom stereocenters. The summed E-state index contributed by atoms with van der Waals surface area (Å²) in [7, 11) is 0. The quantitative estimate of drug-likeness (QED) is 0.724. The molecule has 3 heterocycles. The van der Waals surface area contributed by atoms with Gasteiger partial charge in [-0.1, -0.05) is 37.5 Å². The number of benzene rings is 1. The number of para-hydroxylation sites is 1. The largest absolute Gasteiger partial charge is 0.328 e. The van der Waals surface area contributed by atoms with Gasteiger partial charge in [0, 0.05) is 11.6 Å². The van der Waals surface area contributed by atoms with Gasteiger partial charge in [0.05, 0.1) is 12.2 Å². The van der Waals surface area contributed by atoms with Crippen LogP contribution < -0.4 is 10.6 Å². The average Bonchev–Trinajstić information content (AvgIpc) is 3.24. The molecule has 1 spiro atoms. The minimum Gasteiger partial charge on any atom is -0.328 e. The normalized spacial score (nSPS) is 34.6. The molecular weight excluding hydrogens is 318 g/mol. The fourth-order valence-corrected chi connectivity index (χ4v) is 5.45. The van der Waals surface area contributed by atoms with Gasteiger partial charge in [-0.05, 0) is 18.9 Å². The summed E-state index contributed by atoms with van der Waals surface area (Å²) in [6.07, 6.45) is 5.11. The third-order valence-corrected chi connectivity index (χ3v) is 6.58. The van der Waals surface area contributed by atoms with Gasteiger partial charge in [-0.25, -0.2) is 0 Å². The van der Waals surface area contributed by atoms with Gasteiger partial charge in [0.2, 0.25) is 17.4 Å². The van der Waals surface area contributed by atoms with E-state index in [1.807, 2.05) is 29.6 Å². The summed E-state index contributed by atoms with van der Waals surface area (Å²) in [6, 6.07) is 7.56. The summed E-state index contributed by atoms with van der Waals surface area (Å²) < 4.78 is 0. The zero-order chi connectivity index (χ0) is 17.2. The van der Waals surface area contributed by atoms with Crippen molar-refractivity contribution in [2.45, 2.75) is 43.7 Å². The number of nitrogens with zero attached hydrogens (tertiary/aromatic N) is 1. The number of nitrogens with one attached hydrogen (secondary N) is 1. The molecule has 1 aromatic rings. The SMILES string of the molecule is O=C1[C@@H]2[C@@H](C[NH2+][C@@]23C(=O)Nc2ccccc23)C(=O)N1C1CCCCC1. The highest BCUT2D eigenvalue weighted by molar-refractivity contribution is 6.13. The van der Waals surface area contributed by atoms with Gasteiger partial charge in [-0.3, -0.25) is 19.3 Å². The van der Waals surface area contributed by atoms with Gasteiger partial charge in [-0.2, -0.15) is 0 Å². The van der Waals surface area contributed by atoms with E-state index in [4.69, 9.17) is 0 Å². The number of hydrogen-bond acceptors (Lipinski definition) is 3. The van der Waals surface area contributed by atoms with Gasteiger partial charge in [0.15, 0.2) is 0 Å². The van der Waals surface area contributed by atoms with E-state index >= 15 is 0 Å². The Balaban J connectivity index is 1.57. The van der Waals surface area contributed by atoms with Crippen LogP contribution >= 0.6 is 0 Å². The summed E-state index contributed by atoms with van der Waals surface area (Å²) >= 11 is 0. The first-order valence-corrected chi connectivity index (χ1v) is 9.27. The Bertz CT molecular complexity index is 786. The fourth-order valence-electron chi connectivity index (χ4n) is 5.45. The fraction of sp³-hybridized carbons (Fsp3) is 0.526. The third kappa shape index (κ3) is 1.80. The zero-order valence-electron chi connectivity index (χ0n) is 14.0. The summed E-state index contributed by atoms with van der Waals surface area (Å²) in [4.78, 5) is 40.8. The standard InChI is InChI=1S/C19H21N3O3/c23-16-12-10-20-19(13-8-4-5-9-14(13)21-18(19)25)15(12)17(24)22(16)11-6-2-1-3-7-11/h4-5,8-9,11-12,15,20H,1-3,6-7,10H2,(H,21,25)/p+1/t12-,15+,19-/m1/s1. The van der Waals surface area contributed by atoms with Crippen LogP contribution in [0, 0.1) is 11.8 Å². The Kier molecular flexibility index (Phi) is 3.10. The van der Waals surface area contributed by atoms with E-state index in [0.717, 1.165) is 36.9 Å². The molecule has 1 saturated carbocycles. The Morgan fingerprint density at radius 2 is 1.80 bits per heavy atom. The van der Waals surface area contributed by atoms with Crippen LogP contribution in [0.4, 0.5) is 5.69 Å². The third-order valence-electron chi connectivity index (χ3n) is 6.58. The second-order valence-electron chi connectivity index (χ2n) is 7.73. The first-order valence-electron chi connectivity index (χ1n) is 9.27. The highest BCUT2D eigenvalue weighted by Crippen LogP contribution is 2.48. The number of anilines is 1. The maximum atomic E-state index is 13.3. The molecule has 3 N–H and O–H groups in total. The van der Waals surface area contributed by atoms with Crippen LogP contribution in [-0.2, 0) is 19.9 Å². The van der Waals surface area contributed by atoms with Crippen molar-refractivity contribution >= 4 is 23.4 Å². The van der Waals surface area contributed by atoms with Crippen molar-refractivity contribution < 1.29 is 19.7 Å². The molecule has 3 fully saturated rings. The molecule has 1 aliphatic carbocycles. The molecule has 3 amide bonds. The number of rotatable bonds is 1. The molecule has 0 aromatic heterocycles. The van der Waals surface area contributed by atoms with Gasteiger partial charge in [-0.15, -0.1) is 0 Å². The van der Waals surface area contributed by atoms with Crippen molar-refractivity contribution in [2.24, 2.45) is 11.8 Å². The van der Waals surface area contributed by atoms with Crippen LogP contribution in [0.1, 0.15) is 37.7 Å². The predicted molar refractivity (Wildman–Crippen MR) is 89.2 cm³/mol. The topological polar surface area (TPSA) is 83.1 Å². The number of likely N-dealkylation sites (tertiary alicyclic amines) is 1. The summed E-state index contributed by atoms with van der Waals surface area (Å²) in [5.74, 6) is -1.32. The number of carbonyl (C=O) groups excluding carboxylic acids is 3. The second-order valence-corrected chi connectivity index (χ2v) is 7.73. The molecule has 0 unspecified atom stereocenters. The van der Waals surface area contributed by atoms with Gasteiger partial charge >= 0.3 is 0 Å². The maximum absolute atomic E-state index is 13.3. The molecule has 5 rings (SSSR count). The summed E-state index contributed by atoms with van der Waals surface area (Å²) in [5.41, 5.74) is 0.636. The van der Waals surface area contributed by atoms with E-state index in [1.54, 1.807) is 0 Å². The van der Waals surface area contributed by atoms with Gasteiger partial charge in [0.1, 0.15) is 11.8 Å². The van der Waals surface area contributed by atoms with E-state index in [1.165, 1.54) is 11.3 Å². The number of hydrogen-bond donors (Lipinski definition) is 2. The lowest BCUT2D eigenvalue weighted by Gasteiger charge is -2.31. The molecular formula is C19H22N3O3+. The number of fused-ring (bicyclic) bond motifs is 4. The molecule has 25 heavy (non-hydrogen) atoms. The average molecular weight is 340 g/mol. The first kappa shape index (κ1) is 15.1.